The molecule has 0 spiro atoms. The van der Waals surface area contributed by atoms with E-state index in [4.69, 9.17) is 15.3 Å². The van der Waals surface area contributed by atoms with Gasteiger partial charge < -0.3 is 15.3 Å². The molecule has 0 saturated carbocycles. The molecule has 0 heterocycles. The van der Waals surface area contributed by atoms with Gasteiger partial charge in [-0.2, -0.15) is 0 Å². The van der Waals surface area contributed by atoms with Crippen molar-refractivity contribution in [2.45, 2.75) is 19.3 Å². The van der Waals surface area contributed by atoms with Crippen LogP contribution < -0.4 is 0 Å². The Morgan fingerprint density at radius 1 is 1.50 bits per heavy atom. The number of carbonyl (C=O) groups excluding carboxylic acids is 1. The summed E-state index contributed by atoms with van der Waals surface area (Å²) in [5, 5.41) is 24.2. The van der Waals surface area contributed by atoms with E-state index in [0.29, 0.717) is 0 Å². The fraction of sp³-hybridized carbons (Fsp3) is 0.750. The maximum absolute atomic E-state index is 9.98. The molecule has 0 aliphatic heterocycles. The van der Waals surface area contributed by atoms with Crippen LogP contribution in [0.5, 0.6) is 0 Å². The Kier molecular flexibility index (Phi) is 2.09. The normalized spacial score (nSPS) is 11.5. The van der Waals surface area contributed by atoms with Crippen LogP contribution in [0.3, 0.4) is 0 Å². The second-order valence-corrected chi connectivity index (χ2v) is 1.65. The minimum atomic E-state index is -2.83. The summed E-state index contributed by atoms with van der Waals surface area (Å²) < 4.78 is 0. The van der Waals surface area contributed by atoms with Gasteiger partial charge in [0, 0.05) is 0 Å². The predicted molar refractivity (Wildman–Crippen MR) is 24.7 cm³/mol. The fourth-order valence-electron chi connectivity index (χ4n) is 0.334. The Morgan fingerprint density at radius 2 is 1.88 bits per heavy atom. The zero-order valence-corrected chi connectivity index (χ0v) is 4.46. The molecule has 4 heteroatoms. The van der Waals surface area contributed by atoms with Crippen molar-refractivity contribution >= 4 is 5.78 Å². The topological polar surface area (TPSA) is 77.8 Å². The second-order valence-electron chi connectivity index (χ2n) is 1.65. The molecule has 3 N–H and O–H groups in total. The molecule has 0 saturated heterocycles. The smallest absolute Gasteiger partial charge is 0.282 e. The molecule has 0 rings (SSSR count). The van der Waals surface area contributed by atoms with Crippen LogP contribution >= 0.6 is 0 Å². The summed E-state index contributed by atoms with van der Waals surface area (Å²) in [7, 11) is 0. The van der Waals surface area contributed by atoms with Gasteiger partial charge in [0.1, 0.15) is 5.78 Å². The van der Waals surface area contributed by atoms with Crippen molar-refractivity contribution in [1.29, 1.82) is 0 Å². The number of carbonyl (C=O) groups is 1. The summed E-state index contributed by atoms with van der Waals surface area (Å²) in [5.41, 5.74) is 0. The van der Waals surface area contributed by atoms with Gasteiger partial charge in [0.15, 0.2) is 0 Å². The third-order valence-corrected chi connectivity index (χ3v) is 0.486. The first-order chi connectivity index (χ1) is 3.42. The van der Waals surface area contributed by atoms with E-state index in [1.807, 2.05) is 0 Å². The van der Waals surface area contributed by atoms with E-state index in [2.05, 4.69) is 0 Å². The number of Topliss-reactive ketones (excluding diaryl/α,β-unsaturated/α-hetero) is 1. The highest BCUT2D eigenvalue weighted by Gasteiger charge is 2.19. The molecule has 0 aromatic rings. The third kappa shape index (κ3) is 5.55. The molecule has 0 aromatic carbocycles. The number of aliphatic hydroxyl groups is 3. The highest BCUT2D eigenvalue weighted by molar-refractivity contribution is 5.75. The molecular weight excluding hydrogens is 112 g/mol. The molecule has 0 radical (unpaired) electrons. The minimum absolute atomic E-state index is 0.475. The van der Waals surface area contributed by atoms with Crippen LogP contribution in [0.15, 0.2) is 0 Å². The maximum atomic E-state index is 9.98. The summed E-state index contributed by atoms with van der Waals surface area (Å²) in [6.07, 6.45) is -0.646. The SMILES string of the molecule is CC(=O)CC(O)(O)O. The van der Waals surface area contributed by atoms with Gasteiger partial charge in [0.2, 0.25) is 0 Å². The van der Waals surface area contributed by atoms with E-state index in [9.17, 15) is 4.79 Å². The molecule has 0 unspecified atom stereocenters. The molecule has 48 valence electrons. The summed E-state index contributed by atoms with van der Waals surface area (Å²) in [5.74, 6) is -3.30. The zero-order valence-electron chi connectivity index (χ0n) is 4.46. The lowest BCUT2D eigenvalue weighted by atomic mass is 10.3. The predicted octanol–water partition coefficient (Wildman–Crippen LogP) is -1.40. The first kappa shape index (κ1) is 7.55. The van der Waals surface area contributed by atoms with Crippen LogP contribution in [0.4, 0.5) is 0 Å². The van der Waals surface area contributed by atoms with Gasteiger partial charge in [-0.05, 0) is 6.92 Å². The monoisotopic (exact) mass is 120 g/mol. The fourth-order valence-corrected chi connectivity index (χ4v) is 0.334. The lowest BCUT2D eigenvalue weighted by Gasteiger charge is -2.09. The van der Waals surface area contributed by atoms with E-state index < -0.39 is 18.2 Å². The van der Waals surface area contributed by atoms with E-state index in [0.717, 1.165) is 6.92 Å². The average Bonchev–Trinajstić information content (AvgIpc) is 1.21. The van der Waals surface area contributed by atoms with E-state index in [1.165, 1.54) is 0 Å². The van der Waals surface area contributed by atoms with Gasteiger partial charge in [-0.15, -0.1) is 0 Å². The largest absolute Gasteiger partial charge is 0.343 e. The van der Waals surface area contributed by atoms with Gasteiger partial charge in [-0.25, -0.2) is 0 Å². The first-order valence-electron chi connectivity index (χ1n) is 2.08. The van der Waals surface area contributed by atoms with Crippen LogP contribution in [-0.2, 0) is 4.79 Å². The van der Waals surface area contributed by atoms with Gasteiger partial charge >= 0.3 is 0 Å². The molecule has 4 nitrogen and oxygen atoms in total. The quantitative estimate of drug-likeness (QED) is 0.391. The van der Waals surface area contributed by atoms with Crippen molar-refractivity contribution in [2.75, 3.05) is 0 Å². The zero-order chi connectivity index (χ0) is 6.78. The van der Waals surface area contributed by atoms with Crippen molar-refractivity contribution in [3.8, 4) is 0 Å². The number of ketones is 1. The summed E-state index contributed by atoms with van der Waals surface area (Å²) in [6.45, 7) is 1.15. The standard InChI is InChI=1S/C4H8O4/c1-3(5)2-4(6,7)8/h6-8H,2H2,1H3. The Balaban J connectivity index is 3.55. The Bertz CT molecular complexity index is 90.7. The molecule has 8 heavy (non-hydrogen) atoms. The highest BCUT2D eigenvalue weighted by Crippen LogP contribution is 1.98. The van der Waals surface area contributed by atoms with E-state index in [-0.39, 0.29) is 0 Å². The van der Waals surface area contributed by atoms with Gasteiger partial charge in [0.25, 0.3) is 5.97 Å². The molecule has 0 fully saturated rings. The van der Waals surface area contributed by atoms with Crippen LogP contribution in [0.2, 0.25) is 0 Å². The Labute approximate surface area is 46.4 Å². The molecule has 0 aliphatic rings. The van der Waals surface area contributed by atoms with Crippen LogP contribution in [-0.4, -0.2) is 27.1 Å². The third-order valence-electron chi connectivity index (χ3n) is 0.486. The van der Waals surface area contributed by atoms with E-state index in [1.54, 1.807) is 0 Å². The van der Waals surface area contributed by atoms with Crippen LogP contribution in [0, 0.1) is 0 Å². The second kappa shape index (κ2) is 2.21. The molecule has 0 bridgehead atoms. The molecule has 0 amide bonds. The van der Waals surface area contributed by atoms with Crippen molar-refractivity contribution < 1.29 is 20.1 Å². The van der Waals surface area contributed by atoms with Crippen LogP contribution in [0.25, 0.3) is 0 Å². The lowest BCUT2D eigenvalue weighted by molar-refractivity contribution is -0.309. The van der Waals surface area contributed by atoms with Gasteiger partial charge in [-0.3, -0.25) is 4.79 Å². The van der Waals surface area contributed by atoms with Crippen molar-refractivity contribution in [3.05, 3.63) is 0 Å². The van der Waals surface area contributed by atoms with Gasteiger partial charge in [0.05, 0.1) is 6.42 Å². The number of hydrogen-bond donors (Lipinski definition) is 3. The molecule has 0 aromatic heterocycles. The van der Waals surface area contributed by atoms with E-state index >= 15 is 0 Å². The summed E-state index contributed by atoms with van der Waals surface area (Å²) in [6, 6.07) is 0. The minimum Gasteiger partial charge on any atom is -0.343 e. The van der Waals surface area contributed by atoms with Gasteiger partial charge in [-0.1, -0.05) is 0 Å². The molecule has 0 aliphatic carbocycles. The Hall–Kier alpha value is -0.450. The first-order valence-corrected chi connectivity index (χ1v) is 2.08. The Morgan fingerprint density at radius 3 is 1.88 bits per heavy atom. The van der Waals surface area contributed by atoms with Crippen molar-refractivity contribution in [2.24, 2.45) is 0 Å². The average molecular weight is 120 g/mol. The maximum Gasteiger partial charge on any atom is 0.282 e. The van der Waals surface area contributed by atoms with Crippen molar-refractivity contribution in [1.82, 2.24) is 0 Å². The molecule has 0 atom stereocenters. The van der Waals surface area contributed by atoms with Crippen LogP contribution in [0.1, 0.15) is 13.3 Å². The highest BCUT2D eigenvalue weighted by atomic mass is 16.7. The summed E-state index contributed by atoms with van der Waals surface area (Å²) >= 11 is 0. The number of hydrogen-bond acceptors (Lipinski definition) is 4. The lowest BCUT2D eigenvalue weighted by Crippen LogP contribution is -2.29. The van der Waals surface area contributed by atoms with Crippen molar-refractivity contribution in [3.63, 3.8) is 0 Å². The number of rotatable bonds is 2. The summed E-state index contributed by atoms with van der Waals surface area (Å²) in [4.78, 5) is 9.98. The molecular formula is C4H8O4.